The lowest BCUT2D eigenvalue weighted by Gasteiger charge is -2.16. The van der Waals surface area contributed by atoms with Gasteiger partial charge in [-0.25, -0.2) is 0 Å². The van der Waals surface area contributed by atoms with E-state index >= 15 is 0 Å². The van der Waals surface area contributed by atoms with Crippen molar-refractivity contribution in [2.75, 3.05) is 18.4 Å². The van der Waals surface area contributed by atoms with Gasteiger partial charge in [0, 0.05) is 31.4 Å². The molecule has 2 atom stereocenters. The maximum Gasteiger partial charge on any atom is 0.229 e. The fraction of sp³-hybridized carbons (Fsp3) is 0.368. The van der Waals surface area contributed by atoms with Gasteiger partial charge in [0.15, 0.2) is 0 Å². The Labute approximate surface area is 142 Å². The van der Waals surface area contributed by atoms with E-state index in [0.29, 0.717) is 17.2 Å². The molecule has 0 radical (unpaired) electrons. The molecule has 3 rings (SSSR count). The van der Waals surface area contributed by atoms with Gasteiger partial charge in [0.1, 0.15) is 0 Å². The Morgan fingerprint density at radius 2 is 2.08 bits per heavy atom. The van der Waals surface area contributed by atoms with Crippen LogP contribution in [-0.4, -0.2) is 34.0 Å². The summed E-state index contributed by atoms with van der Waals surface area (Å²) in [5.74, 6) is 0.240. The molecule has 1 aliphatic rings. The lowest BCUT2D eigenvalue weighted by atomic mass is 9.97. The molecule has 1 saturated heterocycles. The number of likely N-dealkylation sites (tertiary alicyclic amines) is 1. The first kappa shape index (κ1) is 16.6. The van der Waals surface area contributed by atoms with Crippen molar-refractivity contribution in [3.63, 3.8) is 0 Å². The summed E-state index contributed by atoms with van der Waals surface area (Å²) in [6, 6.07) is 12.0. The molecule has 1 aromatic heterocycles. The SMILES string of the molecule is C[C@@H]1CN(Cc2ccccc2)C[C@H]1C(=O)Nc1cnccc1CO. The number of amides is 1. The number of aliphatic hydroxyl groups excluding tert-OH is 1. The molecule has 0 bridgehead atoms. The Hall–Kier alpha value is -2.24. The minimum Gasteiger partial charge on any atom is -0.392 e. The molecular formula is C19H23N3O2. The van der Waals surface area contributed by atoms with Gasteiger partial charge in [-0.15, -0.1) is 0 Å². The van der Waals surface area contributed by atoms with Crippen molar-refractivity contribution in [3.05, 3.63) is 59.9 Å². The molecule has 5 heteroatoms. The Morgan fingerprint density at radius 1 is 1.29 bits per heavy atom. The number of rotatable bonds is 5. The number of benzene rings is 1. The molecule has 0 unspecified atom stereocenters. The standard InChI is InChI=1S/C19H23N3O2/c1-14-10-22(11-15-5-3-2-4-6-15)12-17(14)19(24)21-18-9-20-8-7-16(18)13-23/h2-9,14,17,23H,10-13H2,1H3,(H,21,24)/t14-,17-/m1/s1. The Balaban J connectivity index is 1.63. The van der Waals surface area contributed by atoms with Crippen molar-refractivity contribution in [2.24, 2.45) is 11.8 Å². The minimum atomic E-state index is -0.113. The number of carbonyl (C=O) groups is 1. The first-order chi connectivity index (χ1) is 11.7. The topological polar surface area (TPSA) is 65.5 Å². The molecule has 24 heavy (non-hydrogen) atoms. The number of aromatic nitrogens is 1. The fourth-order valence-corrected chi connectivity index (χ4v) is 3.28. The molecule has 1 amide bonds. The van der Waals surface area contributed by atoms with E-state index in [1.54, 1.807) is 18.5 Å². The predicted molar refractivity (Wildman–Crippen MR) is 93.2 cm³/mol. The highest BCUT2D eigenvalue weighted by Crippen LogP contribution is 2.26. The molecule has 0 saturated carbocycles. The maximum absolute atomic E-state index is 12.6. The van der Waals surface area contributed by atoms with Crippen LogP contribution in [0.1, 0.15) is 18.1 Å². The van der Waals surface area contributed by atoms with Crippen LogP contribution >= 0.6 is 0 Å². The third-order valence-electron chi connectivity index (χ3n) is 4.61. The van der Waals surface area contributed by atoms with Gasteiger partial charge in [0.2, 0.25) is 5.91 Å². The zero-order valence-corrected chi connectivity index (χ0v) is 13.9. The van der Waals surface area contributed by atoms with E-state index in [1.807, 2.05) is 18.2 Å². The van der Waals surface area contributed by atoms with Crippen LogP contribution < -0.4 is 5.32 Å². The number of pyridine rings is 1. The summed E-state index contributed by atoms with van der Waals surface area (Å²) in [4.78, 5) is 19.0. The summed E-state index contributed by atoms with van der Waals surface area (Å²) >= 11 is 0. The highest BCUT2D eigenvalue weighted by atomic mass is 16.3. The Kier molecular flexibility index (Phi) is 5.23. The predicted octanol–water partition coefficient (Wildman–Crippen LogP) is 2.28. The largest absolute Gasteiger partial charge is 0.392 e. The number of hydrogen-bond acceptors (Lipinski definition) is 4. The first-order valence-electron chi connectivity index (χ1n) is 8.28. The van der Waals surface area contributed by atoms with Gasteiger partial charge in [-0.1, -0.05) is 37.3 Å². The average molecular weight is 325 g/mol. The van der Waals surface area contributed by atoms with Crippen LogP contribution in [0.2, 0.25) is 0 Å². The van der Waals surface area contributed by atoms with Crippen molar-refractivity contribution in [3.8, 4) is 0 Å². The van der Waals surface area contributed by atoms with Crippen molar-refractivity contribution < 1.29 is 9.90 Å². The second-order valence-electron chi connectivity index (χ2n) is 6.44. The molecule has 2 aromatic rings. The number of hydrogen-bond donors (Lipinski definition) is 2. The second kappa shape index (κ2) is 7.55. The molecule has 2 heterocycles. The molecule has 5 nitrogen and oxygen atoms in total. The van der Waals surface area contributed by atoms with Gasteiger partial charge in [-0.3, -0.25) is 14.7 Å². The van der Waals surface area contributed by atoms with Crippen molar-refractivity contribution in [1.29, 1.82) is 0 Å². The van der Waals surface area contributed by atoms with Gasteiger partial charge in [0.25, 0.3) is 0 Å². The lowest BCUT2D eigenvalue weighted by molar-refractivity contribution is -0.120. The van der Waals surface area contributed by atoms with E-state index in [1.165, 1.54) is 5.56 Å². The summed E-state index contributed by atoms with van der Waals surface area (Å²) < 4.78 is 0. The van der Waals surface area contributed by atoms with Crippen LogP contribution in [0.25, 0.3) is 0 Å². The monoisotopic (exact) mass is 325 g/mol. The van der Waals surface area contributed by atoms with E-state index in [9.17, 15) is 9.90 Å². The van der Waals surface area contributed by atoms with Crippen LogP contribution in [0.5, 0.6) is 0 Å². The number of nitrogens with one attached hydrogen (secondary N) is 1. The second-order valence-corrected chi connectivity index (χ2v) is 6.44. The number of nitrogens with zero attached hydrogens (tertiary/aromatic N) is 2. The maximum atomic E-state index is 12.6. The zero-order valence-electron chi connectivity index (χ0n) is 13.9. The third-order valence-corrected chi connectivity index (χ3v) is 4.61. The molecule has 2 N–H and O–H groups in total. The van der Waals surface area contributed by atoms with Crippen LogP contribution in [0.4, 0.5) is 5.69 Å². The van der Waals surface area contributed by atoms with E-state index in [0.717, 1.165) is 19.6 Å². The Morgan fingerprint density at radius 3 is 2.83 bits per heavy atom. The smallest absolute Gasteiger partial charge is 0.229 e. The van der Waals surface area contributed by atoms with Crippen molar-refractivity contribution in [1.82, 2.24) is 9.88 Å². The molecule has 1 fully saturated rings. The van der Waals surface area contributed by atoms with Crippen molar-refractivity contribution in [2.45, 2.75) is 20.1 Å². The van der Waals surface area contributed by atoms with Crippen LogP contribution in [0, 0.1) is 11.8 Å². The van der Waals surface area contributed by atoms with Crippen LogP contribution in [0.15, 0.2) is 48.8 Å². The van der Waals surface area contributed by atoms with E-state index in [-0.39, 0.29) is 18.4 Å². The number of anilines is 1. The summed E-state index contributed by atoms with van der Waals surface area (Å²) in [5, 5.41) is 12.3. The fourth-order valence-electron chi connectivity index (χ4n) is 3.28. The average Bonchev–Trinajstić information content (AvgIpc) is 2.96. The quantitative estimate of drug-likeness (QED) is 0.885. The summed E-state index contributed by atoms with van der Waals surface area (Å²) in [6.07, 6.45) is 3.20. The van der Waals surface area contributed by atoms with Crippen LogP contribution in [0.3, 0.4) is 0 Å². The minimum absolute atomic E-state index is 0.000705. The summed E-state index contributed by atoms with van der Waals surface area (Å²) in [6.45, 7) is 4.52. The van der Waals surface area contributed by atoms with Gasteiger partial charge in [-0.05, 0) is 17.5 Å². The first-order valence-corrected chi connectivity index (χ1v) is 8.28. The van der Waals surface area contributed by atoms with E-state index in [2.05, 4.69) is 34.3 Å². The molecule has 0 aliphatic carbocycles. The molecule has 1 aliphatic heterocycles. The third kappa shape index (κ3) is 3.80. The highest BCUT2D eigenvalue weighted by Gasteiger charge is 2.34. The molecule has 0 spiro atoms. The molecule has 1 aromatic carbocycles. The summed E-state index contributed by atoms with van der Waals surface area (Å²) in [7, 11) is 0. The van der Waals surface area contributed by atoms with Gasteiger partial charge in [-0.2, -0.15) is 0 Å². The van der Waals surface area contributed by atoms with Crippen molar-refractivity contribution >= 4 is 11.6 Å². The summed E-state index contributed by atoms with van der Waals surface area (Å²) in [5.41, 5.74) is 2.55. The molecular weight excluding hydrogens is 302 g/mol. The van der Waals surface area contributed by atoms with Gasteiger partial charge in [0.05, 0.1) is 24.4 Å². The van der Waals surface area contributed by atoms with Gasteiger partial charge < -0.3 is 10.4 Å². The number of carbonyl (C=O) groups excluding carboxylic acids is 1. The van der Waals surface area contributed by atoms with Crippen LogP contribution in [-0.2, 0) is 17.9 Å². The highest BCUT2D eigenvalue weighted by molar-refractivity contribution is 5.93. The number of aliphatic hydroxyl groups is 1. The normalized spacial score (nSPS) is 20.9. The van der Waals surface area contributed by atoms with E-state index in [4.69, 9.17) is 0 Å². The zero-order chi connectivity index (χ0) is 16.9. The van der Waals surface area contributed by atoms with Gasteiger partial charge >= 0.3 is 0 Å². The molecule has 126 valence electrons. The van der Waals surface area contributed by atoms with E-state index < -0.39 is 0 Å². The Bertz CT molecular complexity index is 690. The lowest BCUT2D eigenvalue weighted by Crippen LogP contribution is -2.29.